The zero-order valence-corrected chi connectivity index (χ0v) is 10.4. The summed E-state index contributed by atoms with van der Waals surface area (Å²) in [6.45, 7) is 2.87. The van der Waals surface area contributed by atoms with Crippen LogP contribution in [0.15, 0.2) is 6.20 Å². The van der Waals surface area contributed by atoms with E-state index < -0.39 is 0 Å². The van der Waals surface area contributed by atoms with Gasteiger partial charge in [-0.15, -0.1) is 0 Å². The van der Waals surface area contributed by atoms with Gasteiger partial charge in [-0.2, -0.15) is 4.98 Å². The minimum atomic E-state index is -0.346. The zero-order valence-electron chi connectivity index (χ0n) is 10.4. The van der Waals surface area contributed by atoms with Gasteiger partial charge in [0.25, 0.3) is 0 Å². The number of hydrogen-bond acceptors (Lipinski definition) is 4. The molecule has 0 amide bonds. The molecule has 0 atom stereocenters. The van der Waals surface area contributed by atoms with Gasteiger partial charge in [0.1, 0.15) is 0 Å². The summed E-state index contributed by atoms with van der Waals surface area (Å²) in [6, 6.07) is 0.429. The Hall–Kier alpha value is -1.39. The smallest absolute Gasteiger partial charge is 0.224 e. The topological polar surface area (TPSA) is 41.1 Å². The number of nitrogens with zero attached hydrogens (tertiary/aromatic N) is 3. The average molecular weight is 238 g/mol. The van der Waals surface area contributed by atoms with Gasteiger partial charge in [-0.05, 0) is 25.7 Å². The quantitative estimate of drug-likeness (QED) is 0.855. The maximum Gasteiger partial charge on any atom is 0.224 e. The molecule has 1 aromatic rings. The van der Waals surface area contributed by atoms with E-state index in [-0.39, 0.29) is 5.82 Å². The Kier molecular flexibility index (Phi) is 3.76. The van der Waals surface area contributed by atoms with Crippen LogP contribution >= 0.6 is 0 Å². The molecular weight excluding hydrogens is 219 g/mol. The number of halogens is 1. The molecule has 0 aliphatic heterocycles. The molecule has 0 radical (unpaired) electrons. The summed E-state index contributed by atoms with van der Waals surface area (Å²) in [7, 11) is 1.90. The van der Waals surface area contributed by atoms with E-state index in [9.17, 15) is 4.39 Å². The van der Waals surface area contributed by atoms with E-state index in [1.807, 2.05) is 11.9 Å². The van der Waals surface area contributed by atoms with Gasteiger partial charge in [0.15, 0.2) is 11.6 Å². The first-order valence-electron chi connectivity index (χ1n) is 6.21. The van der Waals surface area contributed by atoms with Crippen molar-refractivity contribution in [1.82, 2.24) is 9.97 Å². The lowest BCUT2D eigenvalue weighted by Crippen LogP contribution is -2.38. The Morgan fingerprint density at radius 1 is 1.53 bits per heavy atom. The third kappa shape index (κ3) is 2.65. The maximum absolute atomic E-state index is 13.7. The van der Waals surface area contributed by atoms with Gasteiger partial charge in [0.2, 0.25) is 5.95 Å². The van der Waals surface area contributed by atoms with Crippen LogP contribution in [0.3, 0.4) is 0 Å². The number of anilines is 2. The first-order valence-corrected chi connectivity index (χ1v) is 6.21. The molecule has 1 N–H and O–H groups in total. The van der Waals surface area contributed by atoms with E-state index >= 15 is 0 Å². The first-order chi connectivity index (χ1) is 8.22. The van der Waals surface area contributed by atoms with Crippen molar-refractivity contribution in [2.75, 3.05) is 23.8 Å². The molecule has 2 rings (SSSR count). The van der Waals surface area contributed by atoms with Crippen molar-refractivity contribution in [3.63, 3.8) is 0 Å². The summed E-state index contributed by atoms with van der Waals surface area (Å²) in [4.78, 5) is 10.1. The predicted molar refractivity (Wildman–Crippen MR) is 66.8 cm³/mol. The summed E-state index contributed by atoms with van der Waals surface area (Å²) >= 11 is 0. The maximum atomic E-state index is 13.7. The molecule has 0 aromatic carbocycles. The molecule has 1 heterocycles. The summed E-state index contributed by atoms with van der Waals surface area (Å²) in [6.07, 6.45) is 5.71. The van der Waals surface area contributed by atoms with Crippen LogP contribution in [0.5, 0.6) is 0 Å². The number of rotatable bonds is 5. The van der Waals surface area contributed by atoms with Crippen LogP contribution in [0, 0.1) is 5.82 Å². The van der Waals surface area contributed by atoms with Crippen LogP contribution in [0.1, 0.15) is 32.6 Å². The highest BCUT2D eigenvalue weighted by atomic mass is 19.1. The van der Waals surface area contributed by atoms with Gasteiger partial charge < -0.3 is 10.2 Å². The van der Waals surface area contributed by atoms with Crippen molar-refractivity contribution in [2.24, 2.45) is 0 Å². The molecule has 4 nitrogen and oxygen atoms in total. The molecule has 1 aromatic heterocycles. The second-order valence-corrected chi connectivity index (χ2v) is 4.49. The van der Waals surface area contributed by atoms with E-state index in [4.69, 9.17) is 0 Å². The molecule has 1 aliphatic rings. The van der Waals surface area contributed by atoms with Crippen LogP contribution in [0.2, 0.25) is 0 Å². The summed E-state index contributed by atoms with van der Waals surface area (Å²) in [5, 5.41) is 3.08. The summed E-state index contributed by atoms with van der Waals surface area (Å²) < 4.78 is 13.7. The normalized spacial score (nSPS) is 15.5. The van der Waals surface area contributed by atoms with Crippen LogP contribution in [0.4, 0.5) is 16.2 Å². The minimum Gasteiger partial charge on any atom is -0.354 e. The zero-order chi connectivity index (χ0) is 12.3. The largest absolute Gasteiger partial charge is 0.354 e. The van der Waals surface area contributed by atoms with Gasteiger partial charge in [0.05, 0.1) is 6.20 Å². The average Bonchev–Trinajstić information content (AvgIpc) is 2.25. The monoisotopic (exact) mass is 238 g/mol. The van der Waals surface area contributed by atoms with Crippen LogP contribution in [0.25, 0.3) is 0 Å². The molecule has 17 heavy (non-hydrogen) atoms. The van der Waals surface area contributed by atoms with Crippen LogP contribution in [-0.4, -0.2) is 29.6 Å². The van der Waals surface area contributed by atoms with E-state index in [1.165, 1.54) is 12.6 Å². The third-order valence-electron chi connectivity index (χ3n) is 3.22. The second-order valence-electron chi connectivity index (χ2n) is 4.49. The lowest BCUT2D eigenvalue weighted by atomic mass is 9.92. The SMILES string of the molecule is CCCNc1ncc(F)c(N(C)C2CCC2)n1. The van der Waals surface area contributed by atoms with Crippen molar-refractivity contribution in [2.45, 2.75) is 38.6 Å². The molecule has 1 saturated carbocycles. The predicted octanol–water partition coefficient (Wildman–Crippen LogP) is 2.43. The van der Waals surface area contributed by atoms with Gasteiger partial charge in [-0.25, -0.2) is 9.37 Å². The molecule has 1 aliphatic carbocycles. The lowest BCUT2D eigenvalue weighted by molar-refractivity contribution is 0.395. The van der Waals surface area contributed by atoms with E-state index in [0.29, 0.717) is 17.8 Å². The first kappa shape index (κ1) is 12.1. The van der Waals surface area contributed by atoms with Crippen LogP contribution < -0.4 is 10.2 Å². The fourth-order valence-electron chi connectivity index (χ4n) is 1.87. The van der Waals surface area contributed by atoms with Gasteiger partial charge in [0, 0.05) is 19.6 Å². The van der Waals surface area contributed by atoms with E-state index in [2.05, 4.69) is 22.2 Å². The standard InChI is InChI=1S/C12H19FN4/c1-3-7-14-12-15-8-10(13)11(16-12)17(2)9-5-4-6-9/h8-9H,3-7H2,1-2H3,(H,14,15,16). The minimum absolute atomic E-state index is 0.346. The van der Waals surface area contributed by atoms with Crippen molar-refractivity contribution in [3.05, 3.63) is 12.0 Å². The van der Waals surface area contributed by atoms with E-state index in [0.717, 1.165) is 25.8 Å². The van der Waals surface area contributed by atoms with Crippen LogP contribution in [-0.2, 0) is 0 Å². The molecule has 5 heteroatoms. The molecule has 1 fully saturated rings. The third-order valence-corrected chi connectivity index (χ3v) is 3.22. The van der Waals surface area contributed by atoms with E-state index in [1.54, 1.807) is 0 Å². The van der Waals surface area contributed by atoms with Gasteiger partial charge in [-0.3, -0.25) is 0 Å². The Bertz CT molecular complexity index is 379. The highest BCUT2D eigenvalue weighted by Gasteiger charge is 2.25. The van der Waals surface area contributed by atoms with Gasteiger partial charge >= 0.3 is 0 Å². The molecule has 0 bridgehead atoms. The fraction of sp³-hybridized carbons (Fsp3) is 0.667. The summed E-state index contributed by atoms with van der Waals surface area (Å²) in [5.41, 5.74) is 0. The molecule has 0 saturated heterocycles. The number of hydrogen-bond donors (Lipinski definition) is 1. The number of nitrogens with one attached hydrogen (secondary N) is 1. The Morgan fingerprint density at radius 3 is 2.88 bits per heavy atom. The van der Waals surface area contributed by atoms with Crippen molar-refractivity contribution in [3.8, 4) is 0 Å². The Labute approximate surface area is 101 Å². The Morgan fingerprint density at radius 2 is 2.29 bits per heavy atom. The Balaban J connectivity index is 2.13. The molecular formula is C12H19FN4. The fourth-order valence-corrected chi connectivity index (χ4v) is 1.87. The molecule has 0 unspecified atom stereocenters. The van der Waals surface area contributed by atoms with Gasteiger partial charge in [-0.1, -0.05) is 6.92 Å². The van der Waals surface area contributed by atoms with Crippen molar-refractivity contribution in [1.29, 1.82) is 0 Å². The molecule has 94 valence electrons. The van der Waals surface area contributed by atoms with Crippen molar-refractivity contribution >= 4 is 11.8 Å². The second kappa shape index (κ2) is 5.29. The number of aromatic nitrogens is 2. The summed E-state index contributed by atoms with van der Waals surface area (Å²) in [5.74, 6) is 0.569. The highest BCUT2D eigenvalue weighted by Crippen LogP contribution is 2.28. The van der Waals surface area contributed by atoms with Crippen molar-refractivity contribution < 1.29 is 4.39 Å². The lowest BCUT2D eigenvalue weighted by Gasteiger charge is -2.35. The highest BCUT2D eigenvalue weighted by molar-refractivity contribution is 5.44. The molecule has 0 spiro atoms.